The summed E-state index contributed by atoms with van der Waals surface area (Å²) in [6.07, 6.45) is 1.30. The molecule has 1 heterocycles. The molecule has 1 fully saturated rings. The minimum absolute atomic E-state index is 0.0860. The Morgan fingerprint density at radius 3 is 2.70 bits per heavy atom. The molecule has 1 aromatic rings. The molecule has 1 atom stereocenters. The fourth-order valence-electron chi connectivity index (χ4n) is 2.77. The van der Waals surface area contributed by atoms with Crippen LogP contribution in [0, 0.1) is 0 Å². The molecule has 2 amide bonds. The zero-order valence-corrected chi connectivity index (χ0v) is 13.8. The number of aliphatic hydroxyl groups is 1. The van der Waals surface area contributed by atoms with Gasteiger partial charge >= 0.3 is 0 Å². The second kappa shape index (κ2) is 7.97. The number of nitrogens with one attached hydrogen (secondary N) is 1. The highest BCUT2D eigenvalue weighted by Crippen LogP contribution is 2.15. The van der Waals surface area contributed by atoms with Gasteiger partial charge in [-0.05, 0) is 30.7 Å². The highest BCUT2D eigenvalue weighted by molar-refractivity contribution is 5.95. The van der Waals surface area contributed by atoms with Gasteiger partial charge in [0.1, 0.15) is 0 Å². The SMILES string of the molecule is CCCN1C[C@H](NC(=O)c2ccc(N(C)CCO)cc2)CC1=O. The van der Waals surface area contributed by atoms with Crippen LogP contribution >= 0.6 is 0 Å². The van der Waals surface area contributed by atoms with Crippen LogP contribution in [-0.2, 0) is 4.79 Å². The molecule has 1 aromatic carbocycles. The third-order valence-electron chi connectivity index (χ3n) is 4.05. The third kappa shape index (κ3) is 4.45. The second-order valence-corrected chi connectivity index (χ2v) is 5.91. The van der Waals surface area contributed by atoms with E-state index in [1.54, 1.807) is 17.0 Å². The minimum atomic E-state index is -0.155. The fourth-order valence-corrected chi connectivity index (χ4v) is 2.77. The van der Waals surface area contributed by atoms with Crippen LogP contribution in [0.2, 0.25) is 0 Å². The Balaban J connectivity index is 1.92. The van der Waals surface area contributed by atoms with E-state index >= 15 is 0 Å². The van der Waals surface area contributed by atoms with Gasteiger partial charge in [0.05, 0.1) is 12.6 Å². The van der Waals surface area contributed by atoms with Crippen LogP contribution in [0.1, 0.15) is 30.1 Å². The van der Waals surface area contributed by atoms with Crippen molar-refractivity contribution in [3.05, 3.63) is 29.8 Å². The van der Waals surface area contributed by atoms with Crippen molar-refractivity contribution in [2.24, 2.45) is 0 Å². The Bertz CT molecular complexity index is 545. The van der Waals surface area contributed by atoms with Crippen molar-refractivity contribution in [1.29, 1.82) is 0 Å². The van der Waals surface area contributed by atoms with Gasteiger partial charge in [0.15, 0.2) is 0 Å². The van der Waals surface area contributed by atoms with Crippen molar-refractivity contribution < 1.29 is 14.7 Å². The number of rotatable bonds is 7. The number of hydrogen-bond donors (Lipinski definition) is 2. The van der Waals surface area contributed by atoms with Crippen molar-refractivity contribution in [2.75, 3.05) is 38.2 Å². The van der Waals surface area contributed by atoms with E-state index in [4.69, 9.17) is 5.11 Å². The summed E-state index contributed by atoms with van der Waals surface area (Å²) in [7, 11) is 1.89. The smallest absolute Gasteiger partial charge is 0.251 e. The molecule has 0 aromatic heterocycles. The van der Waals surface area contributed by atoms with E-state index in [0.29, 0.717) is 25.1 Å². The van der Waals surface area contributed by atoms with E-state index < -0.39 is 0 Å². The molecule has 126 valence electrons. The highest BCUT2D eigenvalue weighted by atomic mass is 16.3. The first-order valence-electron chi connectivity index (χ1n) is 8.05. The van der Waals surface area contributed by atoms with Crippen LogP contribution in [0.25, 0.3) is 0 Å². The molecule has 1 aliphatic heterocycles. The van der Waals surface area contributed by atoms with Gasteiger partial charge in [-0.15, -0.1) is 0 Å². The number of likely N-dealkylation sites (tertiary alicyclic amines) is 1. The number of benzene rings is 1. The molecule has 0 spiro atoms. The number of amides is 2. The molecule has 2 rings (SSSR count). The van der Waals surface area contributed by atoms with Crippen molar-refractivity contribution in [3.8, 4) is 0 Å². The number of likely N-dealkylation sites (N-methyl/N-ethyl adjacent to an activating group) is 1. The molecule has 1 saturated heterocycles. The van der Waals surface area contributed by atoms with Gasteiger partial charge in [-0.3, -0.25) is 9.59 Å². The van der Waals surface area contributed by atoms with E-state index in [-0.39, 0.29) is 24.5 Å². The molecule has 6 nitrogen and oxygen atoms in total. The lowest BCUT2D eigenvalue weighted by atomic mass is 10.1. The Morgan fingerprint density at radius 2 is 2.09 bits per heavy atom. The summed E-state index contributed by atoms with van der Waals surface area (Å²) < 4.78 is 0. The lowest BCUT2D eigenvalue weighted by Crippen LogP contribution is -2.37. The van der Waals surface area contributed by atoms with Crippen LogP contribution in [0.4, 0.5) is 5.69 Å². The predicted molar refractivity (Wildman–Crippen MR) is 89.5 cm³/mol. The zero-order valence-electron chi connectivity index (χ0n) is 13.8. The Labute approximate surface area is 137 Å². The average molecular weight is 319 g/mol. The largest absolute Gasteiger partial charge is 0.395 e. The fraction of sp³-hybridized carbons (Fsp3) is 0.529. The lowest BCUT2D eigenvalue weighted by Gasteiger charge is -2.18. The quantitative estimate of drug-likeness (QED) is 0.782. The summed E-state index contributed by atoms with van der Waals surface area (Å²) in [5, 5.41) is 11.9. The molecule has 0 bridgehead atoms. The number of anilines is 1. The van der Waals surface area contributed by atoms with Gasteiger partial charge in [0.25, 0.3) is 5.91 Å². The van der Waals surface area contributed by atoms with Crippen molar-refractivity contribution in [1.82, 2.24) is 10.2 Å². The summed E-state index contributed by atoms with van der Waals surface area (Å²) >= 11 is 0. The van der Waals surface area contributed by atoms with Crippen LogP contribution in [0.3, 0.4) is 0 Å². The third-order valence-corrected chi connectivity index (χ3v) is 4.05. The van der Waals surface area contributed by atoms with Crippen LogP contribution in [-0.4, -0.2) is 61.2 Å². The maximum Gasteiger partial charge on any atom is 0.251 e. The molecular weight excluding hydrogens is 294 g/mol. The van der Waals surface area contributed by atoms with Gasteiger partial charge in [-0.1, -0.05) is 6.92 Å². The lowest BCUT2D eigenvalue weighted by molar-refractivity contribution is -0.127. The molecule has 0 saturated carbocycles. The van der Waals surface area contributed by atoms with E-state index in [2.05, 4.69) is 5.32 Å². The summed E-state index contributed by atoms with van der Waals surface area (Å²) in [6.45, 7) is 4.01. The molecule has 0 aliphatic carbocycles. The van der Waals surface area contributed by atoms with Crippen molar-refractivity contribution in [3.63, 3.8) is 0 Å². The zero-order chi connectivity index (χ0) is 16.8. The number of carbonyl (C=O) groups is 2. The van der Waals surface area contributed by atoms with E-state index in [0.717, 1.165) is 18.7 Å². The van der Waals surface area contributed by atoms with E-state index in [1.807, 2.05) is 31.0 Å². The molecular formula is C17H25N3O3. The summed E-state index contributed by atoms with van der Waals surface area (Å²) in [4.78, 5) is 27.8. The Hall–Kier alpha value is -2.08. The molecule has 2 N–H and O–H groups in total. The molecule has 6 heteroatoms. The maximum atomic E-state index is 12.3. The minimum Gasteiger partial charge on any atom is -0.395 e. The topological polar surface area (TPSA) is 72.9 Å². The van der Waals surface area contributed by atoms with E-state index in [9.17, 15) is 9.59 Å². The predicted octanol–water partition coefficient (Wildman–Crippen LogP) is 0.856. The molecule has 0 unspecified atom stereocenters. The molecule has 1 aliphatic rings. The highest BCUT2D eigenvalue weighted by Gasteiger charge is 2.29. The van der Waals surface area contributed by atoms with Gasteiger partial charge in [0, 0.05) is 44.4 Å². The first-order chi connectivity index (χ1) is 11.0. The normalized spacial score (nSPS) is 17.4. The van der Waals surface area contributed by atoms with Gasteiger partial charge in [-0.25, -0.2) is 0 Å². The Kier molecular flexibility index (Phi) is 5.98. The van der Waals surface area contributed by atoms with Crippen LogP contribution < -0.4 is 10.2 Å². The van der Waals surface area contributed by atoms with Crippen molar-refractivity contribution in [2.45, 2.75) is 25.8 Å². The first-order valence-corrected chi connectivity index (χ1v) is 8.05. The van der Waals surface area contributed by atoms with Crippen LogP contribution in [0.15, 0.2) is 24.3 Å². The summed E-state index contributed by atoms with van der Waals surface area (Å²) in [5.41, 5.74) is 1.52. The summed E-state index contributed by atoms with van der Waals surface area (Å²) in [5.74, 6) is -0.0457. The first kappa shape index (κ1) is 17.3. The van der Waals surface area contributed by atoms with Gasteiger partial charge < -0.3 is 20.2 Å². The average Bonchev–Trinajstić information content (AvgIpc) is 2.87. The number of hydrogen-bond acceptors (Lipinski definition) is 4. The number of carbonyl (C=O) groups excluding carboxylic acids is 2. The molecule has 23 heavy (non-hydrogen) atoms. The number of aliphatic hydroxyl groups excluding tert-OH is 1. The second-order valence-electron chi connectivity index (χ2n) is 5.91. The molecule has 0 radical (unpaired) electrons. The standard InChI is InChI=1S/C17H25N3O3/c1-3-8-20-12-14(11-16(20)22)18-17(23)13-4-6-15(7-5-13)19(2)9-10-21/h4-7,14,21H,3,8-12H2,1-2H3,(H,18,23)/t14-/m1/s1. The monoisotopic (exact) mass is 319 g/mol. The Morgan fingerprint density at radius 1 is 1.39 bits per heavy atom. The van der Waals surface area contributed by atoms with E-state index in [1.165, 1.54) is 0 Å². The van der Waals surface area contributed by atoms with Crippen LogP contribution in [0.5, 0.6) is 0 Å². The van der Waals surface area contributed by atoms with Gasteiger partial charge in [-0.2, -0.15) is 0 Å². The van der Waals surface area contributed by atoms with Gasteiger partial charge in [0.2, 0.25) is 5.91 Å². The maximum absolute atomic E-state index is 12.3. The summed E-state index contributed by atoms with van der Waals surface area (Å²) in [6, 6.07) is 7.12. The number of nitrogens with zero attached hydrogens (tertiary/aromatic N) is 2. The van der Waals surface area contributed by atoms with Crippen molar-refractivity contribution >= 4 is 17.5 Å².